The maximum atomic E-state index is 11.3. The number of carbonyl (C=O) groups excluding carboxylic acids is 1. The fraction of sp³-hybridized carbons (Fsp3) is 0.444. The summed E-state index contributed by atoms with van der Waals surface area (Å²) >= 11 is 2.09. The van der Waals surface area contributed by atoms with E-state index in [4.69, 9.17) is 9.15 Å². The van der Waals surface area contributed by atoms with Gasteiger partial charge in [-0.05, 0) is 43.4 Å². The van der Waals surface area contributed by atoms with Gasteiger partial charge in [0, 0.05) is 5.56 Å². The van der Waals surface area contributed by atoms with E-state index < -0.39 is 0 Å². The highest BCUT2D eigenvalue weighted by Gasteiger charge is 2.19. The Hall–Kier alpha value is -0.520. The molecule has 0 aliphatic heterocycles. The Morgan fingerprint density at radius 1 is 1.54 bits per heavy atom. The fourth-order valence-electron chi connectivity index (χ4n) is 0.927. The van der Waals surface area contributed by atoms with Gasteiger partial charge in [0.25, 0.3) is 0 Å². The fourth-order valence-corrected chi connectivity index (χ4v) is 1.64. The van der Waals surface area contributed by atoms with E-state index in [9.17, 15) is 4.79 Å². The number of furan rings is 1. The van der Waals surface area contributed by atoms with Crippen molar-refractivity contribution in [3.8, 4) is 0 Å². The Labute approximate surface area is 90.6 Å². The standard InChI is InChI=1S/C9H11IO3/c1-4-12-9(11)8-7(10)5(2)6(3)13-8/h4H2,1-3H3. The molecule has 4 heteroatoms. The van der Waals surface area contributed by atoms with E-state index in [1.165, 1.54) is 0 Å². The van der Waals surface area contributed by atoms with Gasteiger partial charge in [0.1, 0.15) is 5.76 Å². The predicted octanol–water partition coefficient (Wildman–Crippen LogP) is 2.68. The normalized spacial score (nSPS) is 10.2. The second-order valence-electron chi connectivity index (χ2n) is 2.65. The van der Waals surface area contributed by atoms with E-state index in [0.717, 1.165) is 14.9 Å². The molecule has 0 unspecified atom stereocenters. The average molecular weight is 294 g/mol. The molecule has 0 spiro atoms. The van der Waals surface area contributed by atoms with Gasteiger partial charge in [0.05, 0.1) is 10.2 Å². The molecule has 0 aliphatic rings. The zero-order chi connectivity index (χ0) is 10.0. The van der Waals surface area contributed by atoms with Crippen molar-refractivity contribution < 1.29 is 13.9 Å². The van der Waals surface area contributed by atoms with Crippen LogP contribution in [0.15, 0.2) is 4.42 Å². The van der Waals surface area contributed by atoms with Gasteiger partial charge in [-0.1, -0.05) is 0 Å². The average Bonchev–Trinajstić information content (AvgIpc) is 2.33. The number of hydrogen-bond acceptors (Lipinski definition) is 3. The van der Waals surface area contributed by atoms with Gasteiger partial charge in [0.15, 0.2) is 0 Å². The molecular weight excluding hydrogens is 283 g/mol. The van der Waals surface area contributed by atoms with E-state index in [0.29, 0.717) is 12.4 Å². The van der Waals surface area contributed by atoms with Crippen molar-refractivity contribution in [2.45, 2.75) is 20.8 Å². The zero-order valence-electron chi connectivity index (χ0n) is 7.81. The summed E-state index contributed by atoms with van der Waals surface area (Å²) < 4.78 is 11.0. The SMILES string of the molecule is CCOC(=O)c1oc(C)c(C)c1I. The summed E-state index contributed by atoms with van der Waals surface area (Å²) in [4.78, 5) is 11.3. The first-order valence-corrected chi connectivity index (χ1v) is 5.08. The minimum atomic E-state index is -0.386. The minimum absolute atomic E-state index is 0.317. The number of rotatable bonds is 2. The smallest absolute Gasteiger partial charge is 0.375 e. The molecule has 1 heterocycles. The van der Waals surface area contributed by atoms with Crippen molar-refractivity contribution in [2.75, 3.05) is 6.61 Å². The molecule has 0 bridgehead atoms. The maximum absolute atomic E-state index is 11.3. The van der Waals surface area contributed by atoms with E-state index in [-0.39, 0.29) is 5.97 Å². The molecule has 1 aromatic heterocycles. The number of hydrogen-bond donors (Lipinski definition) is 0. The monoisotopic (exact) mass is 294 g/mol. The lowest BCUT2D eigenvalue weighted by Crippen LogP contribution is -2.04. The summed E-state index contributed by atoms with van der Waals surface area (Å²) in [5, 5.41) is 0. The Bertz CT molecular complexity index is 328. The second kappa shape index (κ2) is 4.13. The Kier molecular flexibility index (Phi) is 3.35. The molecule has 0 saturated carbocycles. The minimum Gasteiger partial charge on any atom is -0.460 e. The number of halogens is 1. The third-order valence-corrected chi connectivity index (χ3v) is 3.07. The highest BCUT2D eigenvalue weighted by Crippen LogP contribution is 2.23. The van der Waals surface area contributed by atoms with Crippen LogP contribution in [-0.2, 0) is 4.74 Å². The molecule has 0 saturated heterocycles. The number of esters is 1. The molecule has 0 aromatic carbocycles. The van der Waals surface area contributed by atoms with Crippen LogP contribution in [0.25, 0.3) is 0 Å². The lowest BCUT2D eigenvalue weighted by Gasteiger charge is -1.97. The van der Waals surface area contributed by atoms with Gasteiger partial charge >= 0.3 is 5.97 Å². The van der Waals surface area contributed by atoms with Crippen LogP contribution < -0.4 is 0 Å². The molecule has 0 amide bonds. The van der Waals surface area contributed by atoms with Crippen molar-refractivity contribution in [1.29, 1.82) is 0 Å². The number of ether oxygens (including phenoxy) is 1. The third-order valence-electron chi connectivity index (χ3n) is 1.77. The predicted molar refractivity (Wildman–Crippen MR) is 56.9 cm³/mol. The van der Waals surface area contributed by atoms with Crippen molar-refractivity contribution >= 4 is 28.6 Å². The molecule has 1 rings (SSSR count). The molecule has 0 radical (unpaired) electrons. The Morgan fingerprint density at radius 3 is 2.54 bits per heavy atom. The first-order chi connectivity index (χ1) is 6.07. The van der Waals surface area contributed by atoms with Crippen molar-refractivity contribution in [2.24, 2.45) is 0 Å². The van der Waals surface area contributed by atoms with Gasteiger partial charge < -0.3 is 9.15 Å². The summed E-state index contributed by atoms with van der Waals surface area (Å²) in [5.41, 5.74) is 1.00. The van der Waals surface area contributed by atoms with E-state index in [2.05, 4.69) is 22.6 Å². The Morgan fingerprint density at radius 2 is 2.15 bits per heavy atom. The summed E-state index contributed by atoms with van der Waals surface area (Å²) in [6, 6.07) is 0. The highest BCUT2D eigenvalue weighted by atomic mass is 127. The lowest BCUT2D eigenvalue weighted by molar-refractivity contribution is 0.0487. The third kappa shape index (κ3) is 2.04. The van der Waals surface area contributed by atoms with Gasteiger partial charge in [-0.25, -0.2) is 4.79 Å². The number of aryl methyl sites for hydroxylation is 1. The van der Waals surface area contributed by atoms with Gasteiger partial charge in [-0.15, -0.1) is 0 Å². The number of carbonyl (C=O) groups is 1. The van der Waals surface area contributed by atoms with Crippen LogP contribution in [0.4, 0.5) is 0 Å². The molecular formula is C9H11IO3. The van der Waals surface area contributed by atoms with E-state index in [1.807, 2.05) is 13.8 Å². The maximum Gasteiger partial charge on any atom is 0.375 e. The van der Waals surface area contributed by atoms with Crippen LogP contribution in [0.5, 0.6) is 0 Å². The quantitative estimate of drug-likeness (QED) is 0.622. The van der Waals surface area contributed by atoms with Crippen LogP contribution in [0.2, 0.25) is 0 Å². The molecule has 0 N–H and O–H groups in total. The molecule has 13 heavy (non-hydrogen) atoms. The van der Waals surface area contributed by atoms with Crippen molar-refractivity contribution in [3.63, 3.8) is 0 Å². The summed E-state index contributed by atoms with van der Waals surface area (Å²) in [7, 11) is 0. The topological polar surface area (TPSA) is 39.4 Å². The van der Waals surface area contributed by atoms with Crippen LogP contribution in [0.1, 0.15) is 28.8 Å². The van der Waals surface area contributed by atoms with Crippen LogP contribution in [-0.4, -0.2) is 12.6 Å². The van der Waals surface area contributed by atoms with Gasteiger partial charge in [-0.3, -0.25) is 0 Å². The van der Waals surface area contributed by atoms with E-state index in [1.54, 1.807) is 6.92 Å². The summed E-state index contributed by atoms with van der Waals surface area (Å²) in [6.45, 7) is 5.89. The summed E-state index contributed by atoms with van der Waals surface area (Å²) in [5.74, 6) is 0.702. The van der Waals surface area contributed by atoms with Crippen molar-refractivity contribution in [3.05, 3.63) is 20.7 Å². The largest absolute Gasteiger partial charge is 0.460 e. The van der Waals surface area contributed by atoms with Gasteiger partial charge in [-0.2, -0.15) is 0 Å². The Balaban J connectivity index is 3.01. The van der Waals surface area contributed by atoms with Crippen LogP contribution in [0, 0.1) is 17.4 Å². The van der Waals surface area contributed by atoms with Gasteiger partial charge in [0.2, 0.25) is 5.76 Å². The lowest BCUT2D eigenvalue weighted by atomic mass is 10.3. The first kappa shape index (κ1) is 10.6. The molecule has 0 atom stereocenters. The van der Waals surface area contributed by atoms with Crippen LogP contribution in [0.3, 0.4) is 0 Å². The molecule has 1 aromatic rings. The molecule has 0 fully saturated rings. The molecule has 0 aliphatic carbocycles. The van der Waals surface area contributed by atoms with E-state index >= 15 is 0 Å². The highest BCUT2D eigenvalue weighted by molar-refractivity contribution is 14.1. The first-order valence-electron chi connectivity index (χ1n) is 4.00. The molecule has 72 valence electrons. The second-order valence-corrected chi connectivity index (χ2v) is 3.73. The van der Waals surface area contributed by atoms with Crippen molar-refractivity contribution in [1.82, 2.24) is 0 Å². The zero-order valence-corrected chi connectivity index (χ0v) is 9.97. The van der Waals surface area contributed by atoms with Crippen LogP contribution >= 0.6 is 22.6 Å². The molecule has 3 nitrogen and oxygen atoms in total. The summed E-state index contributed by atoms with van der Waals surface area (Å²) in [6.07, 6.45) is 0.